The average Bonchev–Trinajstić information content (AvgIpc) is 2.30. The Morgan fingerprint density at radius 3 is 1.85 bits per heavy atom. The molecule has 0 spiro atoms. The molecule has 0 saturated heterocycles. The molecule has 0 atom stereocenters. The molecule has 0 saturated carbocycles. The number of halogens is 5. The maximum Gasteiger partial charge on any atom is 0.573 e. The summed E-state index contributed by atoms with van der Waals surface area (Å²) in [7, 11) is 0. The number of benzene rings is 1. The molecular formula is C11H9F5O4. The van der Waals surface area contributed by atoms with E-state index >= 15 is 0 Å². The third-order valence-electron chi connectivity index (χ3n) is 1.82. The molecule has 0 amide bonds. The van der Waals surface area contributed by atoms with Crippen molar-refractivity contribution in [3.63, 3.8) is 0 Å². The van der Waals surface area contributed by atoms with Gasteiger partial charge in [0.05, 0.1) is 6.61 Å². The third-order valence-corrected chi connectivity index (χ3v) is 1.82. The molecule has 112 valence electrons. The molecule has 0 unspecified atom stereocenters. The Morgan fingerprint density at radius 2 is 1.45 bits per heavy atom. The summed E-state index contributed by atoms with van der Waals surface area (Å²) in [6, 6.07) is 3.14. The number of alkyl halides is 5. The number of carbonyl (C=O) groups excluding carboxylic acids is 1. The second-order valence-corrected chi connectivity index (χ2v) is 3.36. The monoisotopic (exact) mass is 300 g/mol. The van der Waals surface area contributed by atoms with Crippen molar-refractivity contribution in [1.82, 2.24) is 0 Å². The first-order valence-corrected chi connectivity index (χ1v) is 5.24. The smallest absolute Gasteiger partial charge is 0.459 e. The van der Waals surface area contributed by atoms with Crippen molar-refractivity contribution in [3.8, 4) is 11.5 Å². The van der Waals surface area contributed by atoms with Crippen LogP contribution in [0.4, 0.5) is 22.0 Å². The highest BCUT2D eigenvalue weighted by Crippen LogP contribution is 2.27. The molecule has 1 aromatic rings. The molecule has 20 heavy (non-hydrogen) atoms. The molecule has 0 aliphatic heterocycles. The lowest BCUT2D eigenvalue weighted by Crippen LogP contribution is -2.36. The lowest BCUT2D eigenvalue weighted by Gasteiger charge is -2.16. The fraction of sp³-hybridized carbons (Fsp3) is 0.364. The second kappa shape index (κ2) is 5.93. The Hall–Kier alpha value is -2.06. The van der Waals surface area contributed by atoms with Gasteiger partial charge in [-0.1, -0.05) is 0 Å². The van der Waals surface area contributed by atoms with Gasteiger partial charge in [0.25, 0.3) is 0 Å². The zero-order chi connectivity index (χ0) is 15.4. The lowest BCUT2D eigenvalue weighted by atomic mass is 10.3. The van der Waals surface area contributed by atoms with Crippen molar-refractivity contribution < 1.29 is 41.0 Å². The van der Waals surface area contributed by atoms with Gasteiger partial charge in [-0.05, 0) is 31.2 Å². The van der Waals surface area contributed by atoms with Crippen molar-refractivity contribution in [2.45, 2.75) is 19.4 Å². The molecule has 9 heteroatoms. The fourth-order valence-corrected chi connectivity index (χ4v) is 1.11. The van der Waals surface area contributed by atoms with Gasteiger partial charge in [-0.25, -0.2) is 4.79 Å². The molecule has 0 aromatic heterocycles. The molecule has 0 fully saturated rings. The summed E-state index contributed by atoms with van der Waals surface area (Å²) in [5.41, 5.74) is 0. The molecule has 0 aliphatic rings. The normalized spacial score (nSPS) is 11.9. The van der Waals surface area contributed by atoms with Crippen molar-refractivity contribution in [3.05, 3.63) is 24.3 Å². The minimum absolute atomic E-state index is 0.268. The first kappa shape index (κ1) is 16.0. The second-order valence-electron chi connectivity index (χ2n) is 3.36. The van der Waals surface area contributed by atoms with Crippen LogP contribution >= 0.6 is 0 Å². The van der Waals surface area contributed by atoms with E-state index in [2.05, 4.69) is 14.2 Å². The Morgan fingerprint density at radius 1 is 1.00 bits per heavy atom. The van der Waals surface area contributed by atoms with Crippen molar-refractivity contribution in [1.29, 1.82) is 0 Å². The standard InChI is InChI=1S/C11H9F5O4/c1-2-18-9(17)10(12,13)19-7-3-5-8(6-4-7)20-11(14,15)16/h3-6H,2H2,1H3. The van der Waals surface area contributed by atoms with Gasteiger partial charge in [-0.3, -0.25) is 0 Å². The van der Waals surface area contributed by atoms with Crippen LogP contribution in [-0.4, -0.2) is 25.0 Å². The molecule has 4 nitrogen and oxygen atoms in total. The van der Waals surface area contributed by atoms with E-state index in [4.69, 9.17) is 0 Å². The van der Waals surface area contributed by atoms with Crippen LogP contribution < -0.4 is 9.47 Å². The topological polar surface area (TPSA) is 44.8 Å². The van der Waals surface area contributed by atoms with Gasteiger partial charge in [0.2, 0.25) is 0 Å². The van der Waals surface area contributed by atoms with E-state index in [-0.39, 0.29) is 6.61 Å². The van der Waals surface area contributed by atoms with Gasteiger partial charge in [-0.2, -0.15) is 8.78 Å². The van der Waals surface area contributed by atoms with E-state index in [1.54, 1.807) is 0 Å². The summed E-state index contributed by atoms with van der Waals surface area (Å²) in [6.45, 7) is 1.06. The van der Waals surface area contributed by atoms with Crippen LogP contribution in [0.3, 0.4) is 0 Å². The van der Waals surface area contributed by atoms with Crippen molar-refractivity contribution >= 4 is 5.97 Å². The van der Waals surface area contributed by atoms with Crippen LogP contribution in [-0.2, 0) is 9.53 Å². The van der Waals surface area contributed by atoms with E-state index in [9.17, 15) is 26.7 Å². The molecule has 0 aliphatic carbocycles. The van der Waals surface area contributed by atoms with E-state index in [0.717, 1.165) is 24.3 Å². The summed E-state index contributed by atoms with van der Waals surface area (Å²) in [4.78, 5) is 10.9. The summed E-state index contributed by atoms with van der Waals surface area (Å²) >= 11 is 0. The van der Waals surface area contributed by atoms with Crippen LogP contribution in [0.5, 0.6) is 11.5 Å². The molecule has 1 rings (SSSR count). The van der Waals surface area contributed by atoms with E-state index in [0.29, 0.717) is 0 Å². The summed E-state index contributed by atoms with van der Waals surface area (Å²) < 4.78 is 73.6. The molecule has 0 N–H and O–H groups in total. The minimum atomic E-state index is -4.89. The minimum Gasteiger partial charge on any atom is -0.459 e. The summed E-state index contributed by atoms with van der Waals surface area (Å²) in [5, 5.41) is 0. The average molecular weight is 300 g/mol. The maximum absolute atomic E-state index is 13.2. The van der Waals surface area contributed by atoms with Gasteiger partial charge in [0.15, 0.2) is 0 Å². The molecule has 1 aromatic carbocycles. The van der Waals surface area contributed by atoms with Gasteiger partial charge in [0, 0.05) is 0 Å². The Bertz CT molecular complexity index is 455. The quantitative estimate of drug-likeness (QED) is 0.619. The maximum atomic E-state index is 13.2. The zero-order valence-corrected chi connectivity index (χ0v) is 10.0. The Balaban J connectivity index is 2.72. The van der Waals surface area contributed by atoms with E-state index in [1.807, 2.05) is 0 Å². The van der Waals surface area contributed by atoms with Gasteiger partial charge in [0.1, 0.15) is 11.5 Å². The highest BCUT2D eigenvalue weighted by atomic mass is 19.4. The molecule has 0 radical (unpaired) electrons. The van der Waals surface area contributed by atoms with Crippen LogP contribution in [0.1, 0.15) is 6.92 Å². The van der Waals surface area contributed by atoms with Crippen LogP contribution in [0.25, 0.3) is 0 Å². The fourth-order valence-electron chi connectivity index (χ4n) is 1.11. The van der Waals surface area contributed by atoms with Gasteiger partial charge in [-0.15, -0.1) is 13.2 Å². The predicted molar refractivity (Wildman–Crippen MR) is 55.3 cm³/mol. The first-order chi connectivity index (χ1) is 9.14. The number of ether oxygens (including phenoxy) is 3. The Labute approximate surface area is 110 Å². The number of rotatable bonds is 5. The summed E-state index contributed by atoms with van der Waals surface area (Å²) in [6.07, 6.45) is -9.13. The van der Waals surface area contributed by atoms with Crippen LogP contribution in [0.2, 0.25) is 0 Å². The lowest BCUT2D eigenvalue weighted by molar-refractivity contribution is -0.274. The molecular weight excluding hydrogens is 291 g/mol. The van der Waals surface area contributed by atoms with E-state index in [1.165, 1.54) is 6.92 Å². The largest absolute Gasteiger partial charge is 0.573 e. The Kier molecular flexibility index (Phi) is 4.74. The number of hydrogen-bond donors (Lipinski definition) is 0. The number of hydrogen-bond acceptors (Lipinski definition) is 4. The van der Waals surface area contributed by atoms with Crippen LogP contribution in [0, 0.1) is 0 Å². The predicted octanol–water partition coefficient (Wildman–Crippen LogP) is 3.12. The zero-order valence-electron chi connectivity index (χ0n) is 10.0. The summed E-state index contributed by atoms with van der Waals surface area (Å²) in [5.74, 6) is -3.02. The SMILES string of the molecule is CCOC(=O)C(F)(F)Oc1ccc(OC(F)(F)F)cc1. The van der Waals surface area contributed by atoms with Crippen molar-refractivity contribution in [2.24, 2.45) is 0 Å². The van der Waals surface area contributed by atoms with E-state index < -0.39 is 29.9 Å². The molecule has 0 heterocycles. The molecule has 0 bridgehead atoms. The third kappa shape index (κ3) is 4.90. The van der Waals surface area contributed by atoms with Gasteiger partial charge < -0.3 is 14.2 Å². The number of carbonyl (C=O) groups is 1. The highest BCUT2D eigenvalue weighted by Gasteiger charge is 2.44. The highest BCUT2D eigenvalue weighted by molar-refractivity contribution is 5.76. The number of esters is 1. The van der Waals surface area contributed by atoms with Crippen LogP contribution in [0.15, 0.2) is 24.3 Å². The first-order valence-electron chi connectivity index (χ1n) is 5.24. The van der Waals surface area contributed by atoms with Gasteiger partial charge >= 0.3 is 18.4 Å². The van der Waals surface area contributed by atoms with Crippen molar-refractivity contribution in [2.75, 3.05) is 6.61 Å².